The zero-order chi connectivity index (χ0) is 23.0. The van der Waals surface area contributed by atoms with Crippen LogP contribution >= 0.6 is 23.2 Å². The van der Waals surface area contributed by atoms with Crippen molar-refractivity contribution in [1.82, 2.24) is 19.0 Å². The van der Waals surface area contributed by atoms with E-state index in [9.17, 15) is 17.6 Å². The van der Waals surface area contributed by atoms with Gasteiger partial charge in [-0.2, -0.15) is 9.40 Å². The number of benzene rings is 2. The van der Waals surface area contributed by atoms with Gasteiger partial charge in [0.25, 0.3) is 5.91 Å². The zero-order valence-corrected chi connectivity index (χ0v) is 19.3. The van der Waals surface area contributed by atoms with E-state index in [1.807, 2.05) is 0 Å². The van der Waals surface area contributed by atoms with E-state index < -0.39 is 15.8 Å². The normalized spacial score (nSPS) is 15.2. The summed E-state index contributed by atoms with van der Waals surface area (Å²) in [6.07, 6.45) is 0. The van der Waals surface area contributed by atoms with Gasteiger partial charge in [-0.25, -0.2) is 17.5 Å². The van der Waals surface area contributed by atoms with Gasteiger partial charge in [-0.15, -0.1) is 0 Å². The predicted molar refractivity (Wildman–Crippen MR) is 119 cm³/mol. The first-order valence-corrected chi connectivity index (χ1v) is 11.9. The molecule has 2 heterocycles. The van der Waals surface area contributed by atoms with E-state index in [-0.39, 0.29) is 52.7 Å². The lowest BCUT2D eigenvalue weighted by molar-refractivity contribution is 0.0697. The maximum Gasteiger partial charge on any atom is 0.259 e. The summed E-state index contributed by atoms with van der Waals surface area (Å²) in [4.78, 5) is 14.7. The molecule has 3 aromatic rings. The van der Waals surface area contributed by atoms with Crippen molar-refractivity contribution in [2.24, 2.45) is 0 Å². The summed E-state index contributed by atoms with van der Waals surface area (Å²) in [6, 6.07) is 11.9. The van der Waals surface area contributed by atoms with Crippen molar-refractivity contribution in [2.45, 2.75) is 11.8 Å². The number of hydrogen-bond donors (Lipinski definition) is 0. The summed E-state index contributed by atoms with van der Waals surface area (Å²) in [5.41, 5.74) is 1.18. The quantitative estimate of drug-likeness (QED) is 0.550. The minimum atomic E-state index is -3.77. The number of piperazine rings is 1. The van der Waals surface area contributed by atoms with Crippen molar-refractivity contribution in [3.8, 4) is 5.69 Å². The number of amides is 1. The second kappa shape index (κ2) is 8.82. The van der Waals surface area contributed by atoms with Crippen LogP contribution in [0.4, 0.5) is 4.39 Å². The molecule has 0 radical (unpaired) electrons. The highest BCUT2D eigenvalue weighted by Crippen LogP contribution is 2.28. The van der Waals surface area contributed by atoms with Crippen LogP contribution in [0.15, 0.2) is 53.4 Å². The first kappa shape index (κ1) is 22.7. The average molecular weight is 497 g/mol. The third-order valence-electron chi connectivity index (χ3n) is 5.27. The highest BCUT2D eigenvalue weighted by molar-refractivity contribution is 7.89. The Morgan fingerprint density at radius 3 is 2.25 bits per heavy atom. The monoisotopic (exact) mass is 496 g/mol. The summed E-state index contributed by atoms with van der Waals surface area (Å²) in [5, 5.41) is 4.59. The SMILES string of the molecule is Cc1nn(-c2ccc(F)cc2)c(Cl)c1C(=O)N1CCN(S(=O)(=O)c2ccccc2Cl)CC1. The van der Waals surface area contributed by atoms with Crippen LogP contribution in [0.5, 0.6) is 0 Å². The van der Waals surface area contributed by atoms with Gasteiger partial charge in [0, 0.05) is 26.2 Å². The molecule has 0 N–H and O–H groups in total. The second-order valence-electron chi connectivity index (χ2n) is 7.27. The molecule has 0 saturated carbocycles. The van der Waals surface area contributed by atoms with Crippen molar-refractivity contribution >= 4 is 39.1 Å². The second-order valence-corrected chi connectivity index (χ2v) is 9.94. The van der Waals surface area contributed by atoms with Gasteiger partial charge in [-0.3, -0.25) is 4.79 Å². The molecule has 4 rings (SSSR count). The first-order chi connectivity index (χ1) is 15.2. The van der Waals surface area contributed by atoms with E-state index >= 15 is 0 Å². The number of aromatic nitrogens is 2. The van der Waals surface area contributed by atoms with Crippen LogP contribution in [0, 0.1) is 12.7 Å². The fourth-order valence-corrected chi connectivity index (χ4v) is 5.85. The van der Waals surface area contributed by atoms with E-state index in [2.05, 4.69) is 5.10 Å². The smallest absolute Gasteiger partial charge is 0.259 e. The fraction of sp³-hybridized carbons (Fsp3) is 0.238. The molecule has 0 atom stereocenters. The Bertz CT molecular complexity index is 1270. The molecule has 7 nitrogen and oxygen atoms in total. The fourth-order valence-electron chi connectivity index (χ4n) is 3.58. The summed E-state index contributed by atoms with van der Waals surface area (Å²) in [5.74, 6) is -0.731. The van der Waals surface area contributed by atoms with Gasteiger partial charge in [0.1, 0.15) is 15.9 Å². The molecule has 0 bridgehead atoms. The number of aryl methyl sites for hydroxylation is 1. The van der Waals surface area contributed by atoms with Gasteiger partial charge < -0.3 is 4.90 Å². The standard InChI is InChI=1S/C21H19Cl2FN4O3S/c1-14-19(20(23)28(25-14)16-8-6-15(24)7-9-16)21(29)26-10-12-27(13-11-26)32(30,31)18-5-3-2-4-17(18)22/h2-9H,10-13H2,1H3. The maximum atomic E-state index is 13.2. The van der Waals surface area contributed by atoms with Crippen LogP contribution in [0.25, 0.3) is 5.69 Å². The Balaban J connectivity index is 1.52. The molecule has 1 aliphatic heterocycles. The van der Waals surface area contributed by atoms with Gasteiger partial charge in [0.15, 0.2) is 0 Å². The molecular formula is C21H19Cl2FN4O3S. The average Bonchev–Trinajstić information content (AvgIpc) is 3.08. The van der Waals surface area contributed by atoms with E-state index in [1.165, 1.54) is 45.4 Å². The molecule has 0 unspecified atom stereocenters. The molecule has 11 heteroatoms. The Morgan fingerprint density at radius 2 is 1.62 bits per heavy atom. The topological polar surface area (TPSA) is 75.5 Å². The molecule has 168 valence electrons. The first-order valence-electron chi connectivity index (χ1n) is 9.75. The number of carbonyl (C=O) groups is 1. The number of nitrogens with zero attached hydrogens (tertiary/aromatic N) is 4. The number of sulfonamides is 1. The van der Waals surface area contributed by atoms with Crippen LogP contribution < -0.4 is 0 Å². The Hall–Kier alpha value is -2.46. The van der Waals surface area contributed by atoms with Crippen molar-refractivity contribution in [3.63, 3.8) is 0 Å². The van der Waals surface area contributed by atoms with Crippen LogP contribution in [-0.4, -0.2) is 59.5 Å². The summed E-state index contributed by atoms with van der Waals surface area (Å²) in [6.45, 7) is 2.31. The molecule has 2 aromatic carbocycles. The highest BCUT2D eigenvalue weighted by Gasteiger charge is 2.33. The minimum Gasteiger partial charge on any atom is -0.336 e. The van der Waals surface area contributed by atoms with Crippen LogP contribution in [0.3, 0.4) is 0 Å². The largest absolute Gasteiger partial charge is 0.336 e. The Labute approximate surface area is 195 Å². The predicted octanol–water partition coefficient (Wildman–Crippen LogP) is 3.77. The van der Waals surface area contributed by atoms with E-state index in [1.54, 1.807) is 24.0 Å². The molecule has 32 heavy (non-hydrogen) atoms. The molecule has 1 fully saturated rings. The van der Waals surface area contributed by atoms with Gasteiger partial charge in [0.05, 0.1) is 22.0 Å². The van der Waals surface area contributed by atoms with Gasteiger partial charge in [-0.1, -0.05) is 35.3 Å². The molecule has 1 aliphatic rings. The molecule has 1 aromatic heterocycles. The van der Waals surface area contributed by atoms with Crippen LogP contribution in [-0.2, 0) is 10.0 Å². The van der Waals surface area contributed by atoms with Crippen molar-refractivity contribution in [1.29, 1.82) is 0 Å². The lowest BCUT2D eigenvalue weighted by Crippen LogP contribution is -2.50. The third kappa shape index (κ3) is 4.13. The van der Waals surface area contributed by atoms with Gasteiger partial charge >= 0.3 is 0 Å². The number of halogens is 3. The Morgan fingerprint density at radius 1 is 1.00 bits per heavy atom. The van der Waals surface area contributed by atoms with Gasteiger partial charge in [0.2, 0.25) is 10.0 Å². The molecule has 1 saturated heterocycles. The molecule has 1 amide bonds. The van der Waals surface area contributed by atoms with Crippen molar-refractivity contribution in [2.75, 3.05) is 26.2 Å². The number of hydrogen-bond acceptors (Lipinski definition) is 4. The zero-order valence-electron chi connectivity index (χ0n) is 17.0. The summed E-state index contributed by atoms with van der Waals surface area (Å²) >= 11 is 12.5. The van der Waals surface area contributed by atoms with Crippen molar-refractivity contribution < 1.29 is 17.6 Å². The summed E-state index contributed by atoms with van der Waals surface area (Å²) < 4.78 is 41.8. The molecule has 0 spiro atoms. The number of rotatable bonds is 4. The maximum absolute atomic E-state index is 13.2. The number of carbonyl (C=O) groups excluding carboxylic acids is 1. The highest BCUT2D eigenvalue weighted by atomic mass is 35.5. The van der Waals surface area contributed by atoms with Crippen molar-refractivity contribution in [3.05, 3.63) is 75.8 Å². The van der Waals surface area contributed by atoms with Crippen LogP contribution in [0.2, 0.25) is 10.2 Å². The lowest BCUT2D eigenvalue weighted by Gasteiger charge is -2.34. The minimum absolute atomic E-state index is 0.0425. The molecular weight excluding hydrogens is 478 g/mol. The van der Waals surface area contributed by atoms with E-state index in [4.69, 9.17) is 23.2 Å². The van der Waals surface area contributed by atoms with E-state index in [0.29, 0.717) is 11.4 Å². The molecule has 0 aliphatic carbocycles. The van der Waals surface area contributed by atoms with Crippen LogP contribution in [0.1, 0.15) is 16.1 Å². The summed E-state index contributed by atoms with van der Waals surface area (Å²) in [7, 11) is -3.77. The Kier molecular flexibility index (Phi) is 6.26. The van der Waals surface area contributed by atoms with Gasteiger partial charge in [-0.05, 0) is 43.3 Å². The van der Waals surface area contributed by atoms with E-state index in [0.717, 1.165) is 0 Å². The third-order valence-corrected chi connectivity index (χ3v) is 8.02. The lowest BCUT2D eigenvalue weighted by atomic mass is 10.2.